The molecule has 0 aromatic carbocycles. The van der Waals surface area contributed by atoms with Gasteiger partial charge >= 0.3 is 0 Å². The molecule has 0 aliphatic carbocycles. The van der Waals surface area contributed by atoms with Crippen molar-refractivity contribution in [1.29, 1.82) is 0 Å². The molecule has 0 radical (unpaired) electrons. The van der Waals surface area contributed by atoms with Crippen molar-refractivity contribution in [2.45, 2.75) is 25.1 Å². The zero-order valence-corrected chi connectivity index (χ0v) is 15.7. The highest BCUT2D eigenvalue weighted by atomic mass is 127. The van der Waals surface area contributed by atoms with E-state index in [1.54, 1.807) is 0 Å². The van der Waals surface area contributed by atoms with Crippen LogP contribution in [0, 0.1) is 0 Å². The quantitative estimate of drug-likeness (QED) is 0.461. The Morgan fingerprint density at radius 2 is 2.30 bits per heavy atom. The van der Waals surface area contributed by atoms with Crippen LogP contribution in [0.3, 0.4) is 0 Å². The number of thioether (sulfide) groups is 1. The first-order valence-corrected chi connectivity index (χ1v) is 7.57. The molecule has 1 N–H and O–H groups in total. The lowest BCUT2D eigenvalue weighted by atomic mass is 10.2. The Morgan fingerprint density at radius 1 is 1.55 bits per heavy atom. The van der Waals surface area contributed by atoms with Crippen molar-refractivity contribution in [3.63, 3.8) is 0 Å². The van der Waals surface area contributed by atoms with Crippen LogP contribution >= 0.6 is 35.7 Å². The molecule has 2 rings (SSSR count). The minimum absolute atomic E-state index is 0. The smallest absolute Gasteiger partial charge is 0.194 e. The Balaban J connectivity index is 0.00000200. The molecule has 1 aliphatic heterocycles. The van der Waals surface area contributed by atoms with Crippen LogP contribution in [-0.4, -0.2) is 51.3 Å². The lowest BCUT2D eigenvalue weighted by molar-refractivity contribution is 0.375. The third-order valence-electron chi connectivity index (χ3n) is 3.29. The second-order valence-electron chi connectivity index (χ2n) is 5.38. The summed E-state index contributed by atoms with van der Waals surface area (Å²) in [5.41, 5.74) is 1.16. The van der Waals surface area contributed by atoms with E-state index < -0.39 is 0 Å². The topological polar surface area (TPSA) is 45.5 Å². The Morgan fingerprint density at radius 3 is 2.85 bits per heavy atom. The molecule has 1 aromatic rings. The molecule has 0 bridgehead atoms. The SMILES string of the molecule is CN=C(NCc1ccnn1C)N1CCSC(C)(C)C1.I. The number of aromatic nitrogens is 2. The number of aryl methyl sites for hydroxylation is 1. The average molecular weight is 409 g/mol. The van der Waals surface area contributed by atoms with Gasteiger partial charge in [0.2, 0.25) is 0 Å². The third kappa shape index (κ3) is 4.54. The van der Waals surface area contributed by atoms with Crippen molar-refractivity contribution in [3.05, 3.63) is 18.0 Å². The van der Waals surface area contributed by atoms with Crippen LogP contribution in [0.2, 0.25) is 0 Å². The molecule has 0 saturated carbocycles. The molecular formula is C13H24IN5S. The predicted molar refractivity (Wildman–Crippen MR) is 96.9 cm³/mol. The molecule has 114 valence electrons. The van der Waals surface area contributed by atoms with Crippen LogP contribution in [0.4, 0.5) is 0 Å². The van der Waals surface area contributed by atoms with E-state index in [9.17, 15) is 0 Å². The molecule has 7 heteroatoms. The van der Waals surface area contributed by atoms with Gasteiger partial charge in [-0.3, -0.25) is 9.67 Å². The maximum absolute atomic E-state index is 4.40. The summed E-state index contributed by atoms with van der Waals surface area (Å²) in [6.45, 7) is 7.42. The first-order valence-electron chi connectivity index (χ1n) is 6.58. The molecule has 1 saturated heterocycles. The van der Waals surface area contributed by atoms with Gasteiger partial charge in [0.15, 0.2) is 5.96 Å². The number of halogens is 1. The molecule has 0 amide bonds. The van der Waals surface area contributed by atoms with Crippen LogP contribution in [0.25, 0.3) is 0 Å². The van der Waals surface area contributed by atoms with E-state index in [4.69, 9.17) is 0 Å². The Kier molecular flexibility index (Phi) is 6.63. The summed E-state index contributed by atoms with van der Waals surface area (Å²) in [7, 11) is 3.81. The minimum atomic E-state index is 0. The van der Waals surface area contributed by atoms with E-state index >= 15 is 0 Å². The van der Waals surface area contributed by atoms with E-state index in [0.29, 0.717) is 4.75 Å². The van der Waals surface area contributed by atoms with Gasteiger partial charge in [-0.2, -0.15) is 16.9 Å². The standard InChI is InChI=1S/C13H23N5S.HI/c1-13(2)10-18(7-8-19-13)12(14-3)15-9-11-5-6-16-17(11)4;/h5-6H,7-10H2,1-4H3,(H,14,15);1H. The van der Waals surface area contributed by atoms with E-state index in [1.807, 2.05) is 42.8 Å². The van der Waals surface area contributed by atoms with Crippen molar-refractivity contribution in [1.82, 2.24) is 20.0 Å². The Labute approximate surface area is 142 Å². The van der Waals surface area contributed by atoms with Crippen molar-refractivity contribution in [2.24, 2.45) is 12.0 Å². The minimum Gasteiger partial charge on any atom is -0.351 e. The van der Waals surface area contributed by atoms with Crippen molar-refractivity contribution < 1.29 is 0 Å². The molecule has 1 aliphatic rings. The molecule has 20 heavy (non-hydrogen) atoms. The number of aliphatic imine (C=N–C) groups is 1. The van der Waals surface area contributed by atoms with Gasteiger partial charge in [0, 0.05) is 43.9 Å². The molecule has 0 atom stereocenters. The molecular weight excluding hydrogens is 385 g/mol. The number of hydrogen-bond donors (Lipinski definition) is 1. The van der Waals surface area contributed by atoms with Crippen molar-refractivity contribution in [3.8, 4) is 0 Å². The largest absolute Gasteiger partial charge is 0.351 e. The van der Waals surface area contributed by atoms with Crippen molar-refractivity contribution >= 4 is 41.7 Å². The fourth-order valence-electron chi connectivity index (χ4n) is 2.27. The number of guanidine groups is 1. The summed E-state index contributed by atoms with van der Waals surface area (Å²) < 4.78 is 2.18. The van der Waals surface area contributed by atoms with Gasteiger partial charge in [-0.25, -0.2) is 0 Å². The Bertz CT molecular complexity index is 457. The van der Waals surface area contributed by atoms with Crippen LogP contribution in [0.15, 0.2) is 17.3 Å². The summed E-state index contributed by atoms with van der Waals surface area (Å²) in [5.74, 6) is 2.13. The molecule has 2 heterocycles. The van der Waals surface area contributed by atoms with Gasteiger partial charge in [-0.1, -0.05) is 0 Å². The average Bonchev–Trinajstić information content (AvgIpc) is 2.75. The summed E-state index contributed by atoms with van der Waals surface area (Å²) in [5, 5.41) is 7.60. The van der Waals surface area contributed by atoms with Gasteiger partial charge < -0.3 is 10.2 Å². The van der Waals surface area contributed by atoms with Crippen molar-refractivity contribution in [2.75, 3.05) is 25.9 Å². The Hall–Kier alpha value is -0.440. The fourth-order valence-corrected chi connectivity index (χ4v) is 3.39. The zero-order valence-electron chi connectivity index (χ0n) is 12.6. The first-order chi connectivity index (χ1) is 9.02. The van der Waals surface area contributed by atoms with E-state index in [-0.39, 0.29) is 24.0 Å². The maximum Gasteiger partial charge on any atom is 0.194 e. The summed E-state index contributed by atoms with van der Waals surface area (Å²) in [4.78, 5) is 6.74. The number of nitrogens with one attached hydrogen (secondary N) is 1. The van der Waals surface area contributed by atoms with Crippen LogP contribution in [-0.2, 0) is 13.6 Å². The fraction of sp³-hybridized carbons (Fsp3) is 0.692. The van der Waals surface area contributed by atoms with Crippen LogP contribution in [0.5, 0.6) is 0 Å². The number of hydrogen-bond acceptors (Lipinski definition) is 3. The number of nitrogens with zero attached hydrogens (tertiary/aromatic N) is 4. The van der Waals surface area contributed by atoms with Gasteiger partial charge in [-0.15, -0.1) is 24.0 Å². The molecule has 1 fully saturated rings. The van der Waals surface area contributed by atoms with Gasteiger partial charge in [-0.05, 0) is 19.9 Å². The lowest BCUT2D eigenvalue weighted by Crippen LogP contribution is -2.50. The van der Waals surface area contributed by atoms with Gasteiger partial charge in [0.05, 0.1) is 12.2 Å². The summed E-state index contributed by atoms with van der Waals surface area (Å²) in [6.07, 6.45) is 1.82. The normalized spacial score (nSPS) is 18.6. The highest BCUT2D eigenvalue weighted by molar-refractivity contribution is 14.0. The highest BCUT2D eigenvalue weighted by Crippen LogP contribution is 2.29. The second kappa shape index (κ2) is 7.53. The van der Waals surface area contributed by atoms with Crippen LogP contribution < -0.4 is 5.32 Å². The van der Waals surface area contributed by atoms with Crippen LogP contribution in [0.1, 0.15) is 19.5 Å². The maximum atomic E-state index is 4.40. The first kappa shape index (κ1) is 17.6. The molecule has 5 nitrogen and oxygen atoms in total. The van der Waals surface area contributed by atoms with E-state index in [1.165, 1.54) is 0 Å². The summed E-state index contributed by atoms with van der Waals surface area (Å²) >= 11 is 2.03. The molecule has 0 spiro atoms. The highest BCUT2D eigenvalue weighted by Gasteiger charge is 2.28. The van der Waals surface area contributed by atoms with E-state index in [2.05, 4.69) is 34.2 Å². The predicted octanol–water partition coefficient (Wildman–Crippen LogP) is 1.94. The van der Waals surface area contributed by atoms with Gasteiger partial charge in [0.1, 0.15) is 0 Å². The summed E-state index contributed by atoms with van der Waals surface area (Å²) in [6, 6.07) is 2.02. The third-order valence-corrected chi connectivity index (χ3v) is 4.58. The molecule has 0 unspecified atom stereocenters. The number of rotatable bonds is 2. The molecule has 1 aromatic heterocycles. The second-order valence-corrected chi connectivity index (χ2v) is 7.18. The van der Waals surface area contributed by atoms with Gasteiger partial charge in [0.25, 0.3) is 0 Å². The zero-order chi connectivity index (χ0) is 13.9. The van der Waals surface area contributed by atoms with E-state index in [0.717, 1.165) is 37.0 Å². The lowest BCUT2D eigenvalue weighted by Gasteiger charge is -2.39. The monoisotopic (exact) mass is 409 g/mol.